The highest BCUT2D eigenvalue weighted by atomic mass is 32.2. The summed E-state index contributed by atoms with van der Waals surface area (Å²) in [7, 11) is 0. The summed E-state index contributed by atoms with van der Waals surface area (Å²) < 4.78 is 26.0. The monoisotopic (exact) mass is 726 g/mol. The van der Waals surface area contributed by atoms with Crippen molar-refractivity contribution in [3.8, 4) is 0 Å². The number of thiocarbonyl (C=S) groups is 4. The number of thioether (sulfide) groups is 4. The Labute approximate surface area is 291 Å². The van der Waals surface area contributed by atoms with Gasteiger partial charge >= 0.3 is 0 Å². The molecule has 0 N–H and O–H groups in total. The molecule has 4 atom stereocenters. The molecule has 6 rings (SSSR count). The Kier molecular flexibility index (Phi) is 11.2. The third-order valence-electron chi connectivity index (χ3n) is 7.31. The predicted molar refractivity (Wildman–Crippen MR) is 200 cm³/mol. The minimum Gasteiger partial charge on any atom is -0.472 e. The van der Waals surface area contributed by atoms with Crippen molar-refractivity contribution in [3.63, 3.8) is 0 Å². The van der Waals surface area contributed by atoms with Gasteiger partial charge in [-0.1, -0.05) is 71.3 Å². The van der Waals surface area contributed by atoms with Crippen LogP contribution in [0.4, 0.5) is 11.4 Å². The number of anilines is 2. The lowest BCUT2D eigenvalue weighted by Gasteiger charge is -2.29. The zero-order chi connectivity index (χ0) is 29.8. The molecule has 0 spiro atoms. The normalized spacial score (nSPS) is 24.9. The van der Waals surface area contributed by atoms with E-state index in [4.69, 9.17) is 67.8 Å². The molecule has 0 aliphatic carbocycles. The van der Waals surface area contributed by atoms with Gasteiger partial charge in [-0.05, 0) is 90.7 Å². The minimum absolute atomic E-state index is 0.0717. The molecule has 0 radical (unpaired) electrons. The lowest BCUT2D eigenvalue weighted by atomic mass is 10.0. The molecule has 2 aromatic rings. The van der Waals surface area contributed by atoms with Crippen LogP contribution in [0.3, 0.4) is 0 Å². The molecule has 4 unspecified atom stereocenters. The number of ether oxygens (including phenoxy) is 4. The molecule has 0 aromatic heterocycles. The molecule has 4 heterocycles. The maximum absolute atomic E-state index is 5.86. The Morgan fingerprint density at radius 1 is 0.488 bits per heavy atom. The van der Waals surface area contributed by atoms with Crippen molar-refractivity contribution in [1.82, 2.24) is 0 Å². The summed E-state index contributed by atoms with van der Waals surface area (Å²) in [5, 5.41) is 0. The number of nitrogens with zero attached hydrogens (tertiary/aromatic N) is 2. The summed E-state index contributed by atoms with van der Waals surface area (Å²) in [6.45, 7) is 3.03. The Bertz CT molecular complexity index is 1190. The van der Waals surface area contributed by atoms with Crippen molar-refractivity contribution >= 4 is 125 Å². The van der Waals surface area contributed by atoms with Crippen molar-refractivity contribution in [2.24, 2.45) is 0 Å². The van der Waals surface area contributed by atoms with Crippen molar-refractivity contribution in [1.29, 1.82) is 0 Å². The maximum Gasteiger partial charge on any atom is 0.220 e. The molecule has 14 heteroatoms. The SMILES string of the molecule is S=C1OC(CN(CC2CSC(=S)O2)c2ccc(Cc3ccc(N(CC4CSC(=S)O4)CC4CSC(=S)O4)cc3)cc2)CS1. The van der Waals surface area contributed by atoms with Gasteiger partial charge in [0.05, 0.1) is 26.2 Å². The van der Waals surface area contributed by atoms with E-state index in [2.05, 4.69) is 58.3 Å². The fourth-order valence-corrected chi connectivity index (χ4v) is 9.42. The molecule has 0 amide bonds. The Balaban J connectivity index is 1.10. The van der Waals surface area contributed by atoms with E-state index >= 15 is 0 Å². The molecule has 228 valence electrons. The predicted octanol–water partition coefficient (Wildman–Crippen LogP) is 6.56. The fraction of sp³-hybridized carbons (Fsp3) is 0.448. The van der Waals surface area contributed by atoms with Crippen molar-refractivity contribution in [3.05, 3.63) is 59.7 Å². The van der Waals surface area contributed by atoms with E-state index in [-0.39, 0.29) is 24.4 Å². The second-order valence-corrected chi connectivity index (χ2v) is 17.0. The summed E-state index contributed by atoms with van der Waals surface area (Å²) in [5.74, 6) is 3.50. The Morgan fingerprint density at radius 3 is 1.00 bits per heavy atom. The van der Waals surface area contributed by atoms with Crippen LogP contribution in [0.1, 0.15) is 11.1 Å². The van der Waals surface area contributed by atoms with Gasteiger partial charge in [0, 0.05) is 34.4 Å². The number of rotatable bonds is 12. The smallest absolute Gasteiger partial charge is 0.220 e. The second-order valence-electron chi connectivity index (χ2n) is 10.5. The van der Waals surface area contributed by atoms with Crippen LogP contribution in [0.15, 0.2) is 48.5 Å². The van der Waals surface area contributed by atoms with Gasteiger partial charge in [0.25, 0.3) is 0 Å². The van der Waals surface area contributed by atoms with Crippen LogP contribution >= 0.6 is 95.9 Å². The van der Waals surface area contributed by atoms with Gasteiger partial charge in [-0.2, -0.15) is 0 Å². The first-order valence-electron chi connectivity index (χ1n) is 13.9. The molecule has 0 saturated carbocycles. The van der Waals surface area contributed by atoms with Crippen LogP contribution in [-0.4, -0.2) is 91.1 Å². The Hall–Kier alpha value is -1.00. The summed E-state index contributed by atoms with van der Waals surface area (Å²) in [6.07, 6.45) is 1.14. The third kappa shape index (κ3) is 9.05. The average Bonchev–Trinajstić information content (AvgIpc) is 3.80. The van der Waals surface area contributed by atoms with Crippen LogP contribution in [0.25, 0.3) is 0 Å². The van der Waals surface area contributed by atoms with Crippen LogP contribution in [0.2, 0.25) is 0 Å². The molecule has 4 aliphatic heterocycles. The summed E-state index contributed by atoms with van der Waals surface area (Å²) >= 11 is 27.4. The van der Waals surface area contributed by atoms with E-state index in [9.17, 15) is 0 Å². The van der Waals surface area contributed by atoms with Crippen LogP contribution < -0.4 is 9.80 Å². The topological polar surface area (TPSA) is 43.4 Å². The number of benzene rings is 2. The van der Waals surface area contributed by atoms with Crippen LogP contribution in [0, 0.1) is 0 Å². The van der Waals surface area contributed by atoms with E-state index in [1.165, 1.54) is 11.1 Å². The summed E-state index contributed by atoms with van der Waals surface area (Å²) in [5.41, 5.74) is 4.80. The molecular weight excluding hydrogens is 697 g/mol. The van der Waals surface area contributed by atoms with Gasteiger partial charge in [0.1, 0.15) is 24.4 Å². The van der Waals surface area contributed by atoms with Gasteiger partial charge in [-0.15, -0.1) is 0 Å². The molecule has 4 saturated heterocycles. The van der Waals surface area contributed by atoms with E-state index < -0.39 is 0 Å². The van der Waals surface area contributed by atoms with E-state index in [1.54, 1.807) is 47.0 Å². The first kappa shape index (κ1) is 32.0. The van der Waals surface area contributed by atoms with Crippen molar-refractivity contribution in [2.75, 3.05) is 59.0 Å². The zero-order valence-electron chi connectivity index (χ0n) is 23.1. The van der Waals surface area contributed by atoms with Gasteiger partial charge in [-0.25, -0.2) is 0 Å². The van der Waals surface area contributed by atoms with Crippen LogP contribution in [0.5, 0.6) is 0 Å². The standard InChI is InChI=1S/C29H30N2O4S8/c36-26-32-22(14-40-26)10-30(11-23-15-41-27(37)33-23)20-5-1-18(2-6-20)9-19-3-7-21(8-4-19)31(12-24-16-42-28(38)34-24)13-25-17-43-29(39)35-25/h1-8,22-25H,9-17H2. The first-order valence-corrected chi connectivity index (χ1v) is 19.5. The number of hydrogen-bond acceptors (Lipinski definition) is 14. The average molecular weight is 727 g/mol. The quantitative estimate of drug-likeness (QED) is 0.222. The van der Waals surface area contributed by atoms with Crippen LogP contribution in [-0.2, 0) is 25.4 Å². The molecule has 43 heavy (non-hydrogen) atoms. The Morgan fingerprint density at radius 2 is 0.767 bits per heavy atom. The van der Waals surface area contributed by atoms with Gasteiger partial charge in [-0.3, -0.25) is 0 Å². The number of hydrogen-bond donors (Lipinski definition) is 0. The molecule has 0 bridgehead atoms. The lowest BCUT2D eigenvalue weighted by molar-refractivity contribution is 0.217. The molecule has 4 fully saturated rings. The van der Waals surface area contributed by atoms with Gasteiger partial charge < -0.3 is 28.7 Å². The molecular formula is C29H30N2O4S8. The lowest BCUT2D eigenvalue weighted by Crippen LogP contribution is -2.39. The van der Waals surface area contributed by atoms with E-state index in [0.29, 0.717) is 17.5 Å². The first-order chi connectivity index (χ1) is 20.9. The molecule has 4 aliphatic rings. The summed E-state index contributed by atoms with van der Waals surface area (Å²) in [4.78, 5) is 4.67. The van der Waals surface area contributed by atoms with E-state index in [1.807, 2.05) is 0 Å². The van der Waals surface area contributed by atoms with Gasteiger partial charge in [0.15, 0.2) is 0 Å². The second kappa shape index (κ2) is 15.1. The maximum atomic E-state index is 5.86. The van der Waals surface area contributed by atoms with Gasteiger partial charge in [0.2, 0.25) is 17.5 Å². The van der Waals surface area contributed by atoms with E-state index in [0.717, 1.165) is 67.0 Å². The minimum atomic E-state index is 0.0717. The highest BCUT2D eigenvalue weighted by molar-refractivity contribution is 8.24. The largest absolute Gasteiger partial charge is 0.472 e. The van der Waals surface area contributed by atoms with Crippen molar-refractivity contribution in [2.45, 2.75) is 30.8 Å². The highest BCUT2D eigenvalue weighted by Gasteiger charge is 2.30. The van der Waals surface area contributed by atoms with Crippen molar-refractivity contribution < 1.29 is 18.9 Å². The zero-order valence-corrected chi connectivity index (χ0v) is 29.6. The third-order valence-corrected chi connectivity index (χ3v) is 12.6. The highest BCUT2D eigenvalue weighted by Crippen LogP contribution is 2.29. The summed E-state index contributed by atoms with van der Waals surface area (Å²) in [6, 6.07) is 17.6. The molecule has 2 aromatic carbocycles. The molecule has 6 nitrogen and oxygen atoms in total. The fourth-order valence-electron chi connectivity index (χ4n) is 5.26.